The minimum Gasteiger partial charge on any atom is -0.493 e. The molecule has 19 heavy (non-hydrogen) atoms. The summed E-state index contributed by atoms with van der Waals surface area (Å²) in [7, 11) is 1.61. The molecule has 0 aromatic carbocycles. The lowest BCUT2D eigenvalue weighted by atomic mass is 9.96. The normalized spacial score (nSPS) is 23.6. The molecule has 0 radical (unpaired) electrons. The molecular formula is C13H21N3O3. The average molecular weight is 267 g/mol. The lowest BCUT2D eigenvalue weighted by Gasteiger charge is -2.30. The Bertz CT molecular complexity index is 456. The van der Waals surface area contributed by atoms with Crippen LogP contribution in [0.5, 0.6) is 5.75 Å². The molecule has 1 aliphatic rings. The molecule has 1 aliphatic heterocycles. The van der Waals surface area contributed by atoms with E-state index in [-0.39, 0.29) is 12.1 Å². The van der Waals surface area contributed by atoms with E-state index in [0.717, 1.165) is 24.3 Å². The van der Waals surface area contributed by atoms with Crippen LogP contribution in [-0.2, 0) is 4.79 Å². The van der Waals surface area contributed by atoms with Gasteiger partial charge in [-0.05, 0) is 33.1 Å². The number of carboxylic acids is 1. The van der Waals surface area contributed by atoms with Gasteiger partial charge in [-0.25, -0.2) is 0 Å². The molecule has 1 saturated heterocycles. The van der Waals surface area contributed by atoms with Crippen LogP contribution in [0.3, 0.4) is 0 Å². The SMILES string of the molecule is COc1cnn(C(C)C)c1C1CCCC(C(=O)O)N1. The smallest absolute Gasteiger partial charge is 0.320 e. The highest BCUT2D eigenvalue weighted by Crippen LogP contribution is 2.33. The molecule has 2 unspecified atom stereocenters. The minimum absolute atomic E-state index is 0.0188. The predicted octanol–water partition coefficient (Wildman–Crippen LogP) is 1.74. The van der Waals surface area contributed by atoms with Crippen molar-refractivity contribution in [2.24, 2.45) is 0 Å². The molecule has 0 spiro atoms. The van der Waals surface area contributed by atoms with Crippen molar-refractivity contribution in [1.82, 2.24) is 15.1 Å². The Hall–Kier alpha value is -1.56. The number of ether oxygens (including phenoxy) is 1. The van der Waals surface area contributed by atoms with Gasteiger partial charge in [0.1, 0.15) is 6.04 Å². The van der Waals surface area contributed by atoms with E-state index < -0.39 is 12.0 Å². The standard InChI is InChI=1S/C13H21N3O3/c1-8(2)16-12(11(19-3)7-14-16)9-5-4-6-10(15-9)13(17)18/h7-10,15H,4-6H2,1-3H3,(H,17,18). The highest BCUT2D eigenvalue weighted by atomic mass is 16.5. The highest BCUT2D eigenvalue weighted by molar-refractivity contribution is 5.73. The van der Waals surface area contributed by atoms with Crippen LogP contribution in [0.4, 0.5) is 0 Å². The van der Waals surface area contributed by atoms with Crippen molar-refractivity contribution in [1.29, 1.82) is 0 Å². The summed E-state index contributed by atoms with van der Waals surface area (Å²) in [5, 5.41) is 16.7. The molecule has 1 aromatic rings. The van der Waals surface area contributed by atoms with Gasteiger partial charge in [-0.2, -0.15) is 5.10 Å². The fraction of sp³-hybridized carbons (Fsp3) is 0.692. The maximum absolute atomic E-state index is 11.1. The van der Waals surface area contributed by atoms with Crippen molar-refractivity contribution in [3.05, 3.63) is 11.9 Å². The first-order valence-electron chi connectivity index (χ1n) is 6.64. The topological polar surface area (TPSA) is 76.4 Å². The second-order valence-electron chi connectivity index (χ2n) is 5.18. The molecule has 2 rings (SSSR count). The van der Waals surface area contributed by atoms with Crippen LogP contribution in [0.15, 0.2) is 6.20 Å². The first-order valence-corrected chi connectivity index (χ1v) is 6.64. The Morgan fingerprint density at radius 3 is 2.89 bits per heavy atom. The first-order chi connectivity index (χ1) is 9.04. The third-order valence-electron chi connectivity index (χ3n) is 3.52. The lowest BCUT2D eigenvalue weighted by Crippen LogP contribution is -2.43. The maximum Gasteiger partial charge on any atom is 0.320 e. The predicted molar refractivity (Wildman–Crippen MR) is 70.3 cm³/mol. The van der Waals surface area contributed by atoms with E-state index in [2.05, 4.69) is 10.4 Å². The number of methoxy groups -OCH3 is 1. The number of hydrogen-bond acceptors (Lipinski definition) is 4. The van der Waals surface area contributed by atoms with Crippen molar-refractivity contribution in [2.45, 2.75) is 51.2 Å². The molecule has 1 aromatic heterocycles. The van der Waals surface area contributed by atoms with E-state index in [0.29, 0.717) is 6.42 Å². The summed E-state index contributed by atoms with van der Waals surface area (Å²) in [5.41, 5.74) is 0.948. The number of rotatable bonds is 4. The van der Waals surface area contributed by atoms with Crippen LogP contribution < -0.4 is 10.1 Å². The third kappa shape index (κ3) is 2.73. The Kier molecular flexibility index (Phi) is 4.09. The van der Waals surface area contributed by atoms with Gasteiger partial charge in [0.2, 0.25) is 0 Å². The second kappa shape index (κ2) is 5.61. The van der Waals surface area contributed by atoms with Crippen LogP contribution in [0.2, 0.25) is 0 Å². The summed E-state index contributed by atoms with van der Waals surface area (Å²) < 4.78 is 7.26. The average Bonchev–Trinajstić information content (AvgIpc) is 2.82. The Morgan fingerprint density at radius 1 is 1.58 bits per heavy atom. The number of carboxylic acid groups (broad SMARTS) is 1. The Morgan fingerprint density at radius 2 is 2.32 bits per heavy atom. The third-order valence-corrected chi connectivity index (χ3v) is 3.52. The fourth-order valence-electron chi connectivity index (χ4n) is 2.60. The molecule has 1 fully saturated rings. The molecule has 2 N–H and O–H groups in total. The monoisotopic (exact) mass is 267 g/mol. The van der Waals surface area contributed by atoms with Gasteiger partial charge in [0.25, 0.3) is 0 Å². The number of hydrogen-bond donors (Lipinski definition) is 2. The van der Waals surface area contributed by atoms with Gasteiger partial charge >= 0.3 is 5.97 Å². The Labute approximate surface area is 112 Å². The maximum atomic E-state index is 11.1. The highest BCUT2D eigenvalue weighted by Gasteiger charge is 2.31. The lowest BCUT2D eigenvalue weighted by molar-refractivity contribution is -0.140. The molecule has 0 bridgehead atoms. The zero-order valence-corrected chi connectivity index (χ0v) is 11.6. The van der Waals surface area contributed by atoms with Crippen molar-refractivity contribution < 1.29 is 14.6 Å². The second-order valence-corrected chi connectivity index (χ2v) is 5.18. The zero-order chi connectivity index (χ0) is 14.0. The van der Waals surface area contributed by atoms with Gasteiger partial charge < -0.3 is 9.84 Å². The van der Waals surface area contributed by atoms with E-state index in [1.54, 1.807) is 13.3 Å². The zero-order valence-electron chi connectivity index (χ0n) is 11.6. The fourth-order valence-corrected chi connectivity index (χ4v) is 2.60. The minimum atomic E-state index is -0.792. The summed E-state index contributed by atoms with van der Waals surface area (Å²) >= 11 is 0. The van der Waals surface area contributed by atoms with Gasteiger partial charge in [0.15, 0.2) is 5.75 Å². The molecule has 2 heterocycles. The van der Waals surface area contributed by atoms with E-state index in [9.17, 15) is 4.79 Å². The molecule has 106 valence electrons. The van der Waals surface area contributed by atoms with Crippen LogP contribution in [0.25, 0.3) is 0 Å². The van der Waals surface area contributed by atoms with Crippen molar-refractivity contribution >= 4 is 5.97 Å². The van der Waals surface area contributed by atoms with E-state index >= 15 is 0 Å². The van der Waals surface area contributed by atoms with Gasteiger partial charge in [-0.3, -0.25) is 14.8 Å². The van der Waals surface area contributed by atoms with E-state index in [4.69, 9.17) is 9.84 Å². The van der Waals surface area contributed by atoms with Crippen LogP contribution in [-0.4, -0.2) is 34.0 Å². The molecular weight excluding hydrogens is 246 g/mol. The molecule has 0 saturated carbocycles. The van der Waals surface area contributed by atoms with Gasteiger partial charge in [0.05, 0.1) is 25.0 Å². The molecule has 0 aliphatic carbocycles. The van der Waals surface area contributed by atoms with E-state index in [1.807, 2.05) is 18.5 Å². The summed E-state index contributed by atoms with van der Waals surface area (Å²) in [4.78, 5) is 11.1. The number of nitrogens with zero attached hydrogens (tertiary/aromatic N) is 2. The largest absolute Gasteiger partial charge is 0.493 e. The van der Waals surface area contributed by atoms with Crippen molar-refractivity contribution in [3.63, 3.8) is 0 Å². The number of carbonyl (C=O) groups is 1. The number of aromatic nitrogens is 2. The van der Waals surface area contributed by atoms with Crippen LogP contribution in [0.1, 0.15) is 50.9 Å². The summed E-state index contributed by atoms with van der Waals surface area (Å²) in [6, 6.07) is -0.292. The molecule has 6 heteroatoms. The first kappa shape index (κ1) is 13.9. The summed E-state index contributed by atoms with van der Waals surface area (Å²) in [6.45, 7) is 4.10. The number of nitrogens with one attached hydrogen (secondary N) is 1. The van der Waals surface area contributed by atoms with Gasteiger partial charge in [0, 0.05) is 6.04 Å². The molecule has 6 nitrogen and oxygen atoms in total. The Balaban J connectivity index is 2.29. The van der Waals surface area contributed by atoms with E-state index in [1.165, 1.54) is 0 Å². The quantitative estimate of drug-likeness (QED) is 0.869. The molecule has 0 amide bonds. The number of aliphatic carboxylic acids is 1. The number of piperidine rings is 1. The molecule has 2 atom stereocenters. The van der Waals surface area contributed by atoms with Crippen LogP contribution in [0, 0.1) is 0 Å². The summed E-state index contributed by atoms with van der Waals surface area (Å²) in [6.07, 6.45) is 4.16. The van der Waals surface area contributed by atoms with Gasteiger partial charge in [-0.15, -0.1) is 0 Å². The van der Waals surface area contributed by atoms with Crippen LogP contribution >= 0.6 is 0 Å². The van der Waals surface area contributed by atoms with Crippen molar-refractivity contribution in [3.8, 4) is 5.75 Å². The summed E-state index contributed by atoms with van der Waals surface area (Å²) in [5.74, 6) is -0.0727. The van der Waals surface area contributed by atoms with Gasteiger partial charge in [-0.1, -0.05) is 0 Å². The van der Waals surface area contributed by atoms with Crippen molar-refractivity contribution in [2.75, 3.05) is 7.11 Å².